The molecule has 0 unspecified atom stereocenters. The van der Waals surface area contributed by atoms with Gasteiger partial charge in [0.05, 0.1) is 13.7 Å². The van der Waals surface area contributed by atoms with Gasteiger partial charge in [0.2, 0.25) is 5.88 Å². The predicted molar refractivity (Wildman–Crippen MR) is 82.8 cm³/mol. The standard InChI is InChI=1S/C15H17BrN2O3/c1-9(2)15-17-13(16)7-14(18-15)21-11-5-4-10(8-19)6-12(11)20-3/h4-7,9,19H,8H2,1-3H3. The summed E-state index contributed by atoms with van der Waals surface area (Å²) in [6.07, 6.45) is 0. The van der Waals surface area contributed by atoms with E-state index in [2.05, 4.69) is 25.9 Å². The molecule has 0 atom stereocenters. The zero-order chi connectivity index (χ0) is 15.4. The minimum Gasteiger partial charge on any atom is -0.493 e. The molecule has 0 saturated heterocycles. The highest BCUT2D eigenvalue weighted by molar-refractivity contribution is 9.10. The molecule has 0 aliphatic heterocycles. The minimum atomic E-state index is -0.0484. The molecule has 0 spiro atoms. The number of benzene rings is 1. The molecule has 112 valence electrons. The Hall–Kier alpha value is -1.66. The highest BCUT2D eigenvalue weighted by Crippen LogP contribution is 2.32. The molecule has 0 bridgehead atoms. The fraction of sp³-hybridized carbons (Fsp3) is 0.333. The lowest BCUT2D eigenvalue weighted by Gasteiger charge is -2.12. The Labute approximate surface area is 132 Å². The highest BCUT2D eigenvalue weighted by Gasteiger charge is 2.11. The third kappa shape index (κ3) is 3.92. The van der Waals surface area contributed by atoms with Crippen molar-refractivity contribution in [1.29, 1.82) is 0 Å². The number of ether oxygens (including phenoxy) is 2. The average molecular weight is 353 g/mol. The van der Waals surface area contributed by atoms with E-state index in [9.17, 15) is 0 Å². The number of halogens is 1. The summed E-state index contributed by atoms with van der Waals surface area (Å²) < 4.78 is 11.7. The van der Waals surface area contributed by atoms with Crippen LogP contribution in [0.25, 0.3) is 0 Å². The Morgan fingerprint density at radius 2 is 1.95 bits per heavy atom. The number of aliphatic hydroxyl groups is 1. The van der Waals surface area contributed by atoms with Crippen LogP contribution in [0.4, 0.5) is 0 Å². The average Bonchev–Trinajstić information content (AvgIpc) is 2.47. The van der Waals surface area contributed by atoms with Gasteiger partial charge < -0.3 is 14.6 Å². The first kappa shape index (κ1) is 15.7. The molecule has 0 fully saturated rings. The van der Waals surface area contributed by atoms with Crippen LogP contribution in [0.3, 0.4) is 0 Å². The van der Waals surface area contributed by atoms with Crippen molar-refractivity contribution in [2.45, 2.75) is 26.4 Å². The molecule has 1 N–H and O–H groups in total. The van der Waals surface area contributed by atoms with Crippen LogP contribution in [-0.4, -0.2) is 22.2 Å². The van der Waals surface area contributed by atoms with Gasteiger partial charge in [0.15, 0.2) is 11.5 Å². The molecule has 1 aromatic heterocycles. The molecule has 1 heterocycles. The van der Waals surface area contributed by atoms with E-state index < -0.39 is 0 Å². The largest absolute Gasteiger partial charge is 0.493 e. The summed E-state index contributed by atoms with van der Waals surface area (Å²) in [5.41, 5.74) is 0.755. The number of methoxy groups -OCH3 is 1. The van der Waals surface area contributed by atoms with Gasteiger partial charge in [-0.15, -0.1) is 0 Å². The quantitative estimate of drug-likeness (QED) is 0.832. The Bertz CT molecular complexity index is 632. The first-order chi connectivity index (χ1) is 10.0. The van der Waals surface area contributed by atoms with Crippen molar-refractivity contribution in [3.05, 3.63) is 40.3 Å². The maximum Gasteiger partial charge on any atom is 0.223 e. The molecule has 0 amide bonds. The summed E-state index contributed by atoms with van der Waals surface area (Å²) in [6.45, 7) is 3.98. The lowest BCUT2D eigenvalue weighted by Crippen LogP contribution is -2.00. The second kappa shape index (κ2) is 6.87. The van der Waals surface area contributed by atoms with Crippen LogP contribution in [-0.2, 0) is 6.61 Å². The SMILES string of the molecule is COc1cc(CO)ccc1Oc1cc(Br)nc(C(C)C)n1. The summed E-state index contributed by atoms with van der Waals surface area (Å²) in [7, 11) is 1.55. The Kier molecular flexibility index (Phi) is 5.14. The Morgan fingerprint density at radius 1 is 1.19 bits per heavy atom. The van der Waals surface area contributed by atoms with Crippen LogP contribution in [0.15, 0.2) is 28.9 Å². The summed E-state index contributed by atoms with van der Waals surface area (Å²) in [5.74, 6) is 2.42. The fourth-order valence-corrected chi connectivity index (χ4v) is 2.11. The number of aliphatic hydroxyl groups excluding tert-OH is 1. The normalized spacial score (nSPS) is 10.8. The number of hydrogen-bond donors (Lipinski definition) is 1. The molecule has 2 rings (SSSR count). The Balaban J connectivity index is 2.33. The van der Waals surface area contributed by atoms with Crippen LogP contribution in [0.5, 0.6) is 17.4 Å². The third-order valence-corrected chi connectivity index (χ3v) is 3.24. The van der Waals surface area contributed by atoms with E-state index >= 15 is 0 Å². The lowest BCUT2D eigenvalue weighted by molar-refractivity contribution is 0.280. The monoisotopic (exact) mass is 352 g/mol. The predicted octanol–water partition coefficient (Wildman–Crippen LogP) is 3.66. The van der Waals surface area contributed by atoms with E-state index in [0.717, 1.165) is 5.56 Å². The van der Waals surface area contributed by atoms with Gasteiger partial charge in [0.1, 0.15) is 10.4 Å². The number of hydrogen-bond acceptors (Lipinski definition) is 5. The first-order valence-corrected chi connectivity index (χ1v) is 7.33. The van der Waals surface area contributed by atoms with Crippen LogP contribution >= 0.6 is 15.9 Å². The topological polar surface area (TPSA) is 64.5 Å². The van der Waals surface area contributed by atoms with Crippen molar-refractivity contribution >= 4 is 15.9 Å². The summed E-state index contributed by atoms with van der Waals surface area (Å²) in [4.78, 5) is 8.68. The van der Waals surface area contributed by atoms with Crippen molar-refractivity contribution < 1.29 is 14.6 Å². The molecule has 6 heteroatoms. The van der Waals surface area contributed by atoms with Crippen molar-refractivity contribution in [1.82, 2.24) is 9.97 Å². The third-order valence-electron chi connectivity index (χ3n) is 2.83. The maximum atomic E-state index is 9.15. The molecule has 21 heavy (non-hydrogen) atoms. The number of rotatable bonds is 5. The van der Waals surface area contributed by atoms with Gasteiger partial charge in [0, 0.05) is 12.0 Å². The van der Waals surface area contributed by atoms with Gasteiger partial charge in [-0.25, -0.2) is 4.98 Å². The van der Waals surface area contributed by atoms with Crippen LogP contribution in [0.2, 0.25) is 0 Å². The van der Waals surface area contributed by atoms with Crippen molar-refractivity contribution in [2.24, 2.45) is 0 Å². The summed E-state index contributed by atoms with van der Waals surface area (Å²) in [5, 5.41) is 9.15. The molecular weight excluding hydrogens is 336 g/mol. The van der Waals surface area contributed by atoms with E-state index in [-0.39, 0.29) is 12.5 Å². The van der Waals surface area contributed by atoms with Gasteiger partial charge in [0.25, 0.3) is 0 Å². The molecule has 0 aliphatic carbocycles. The second-order valence-corrected chi connectivity index (χ2v) is 5.60. The van der Waals surface area contributed by atoms with Gasteiger partial charge in [-0.2, -0.15) is 4.98 Å². The van der Waals surface area contributed by atoms with Crippen LogP contribution in [0.1, 0.15) is 31.2 Å². The van der Waals surface area contributed by atoms with E-state index in [4.69, 9.17) is 14.6 Å². The van der Waals surface area contributed by atoms with Gasteiger partial charge in [-0.1, -0.05) is 19.9 Å². The minimum absolute atomic E-state index is 0.0484. The van der Waals surface area contributed by atoms with Crippen molar-refractivity contribution in [3.63, 3.8) is 0 Å². The lowest BCUT2D eigenvalue weighted by atomic mass is 10.2. The Morgan fingerprint density at radius 3 is 2.57 bits per heavy atom. The van der Waals surface area contributed by atoms with Crippen molar-refractivity contribution in [2.75, 3.05) is 7.11 Å². The van der Waals surface area contributed by atoms with Crippen molar-refractivity contribution in [3.8, 4) is 17.4 Å². The molecule has 5 nitrogen and oxygen atoms in total. The highest BCUT2D eigenvalue weighted by atomic mass is 79.9. The number of nitrogens with zero attached hydrogens (tertiary/aromatic N) is 2. The van der Waals surface area contributed by atoms with Gasteiger partial charge >= 0.3 is 0 Å². The molecule has 2 aromatic rings. The van der Waals surface area contributed by atoms with E-state index in [1.54, 1.807) is 31.4 Å². The molecule has 1 aromatic carbocycles. The molecular formula is C15H17BrN2O3. The summed E-state index contributed by atoms with van der Waals surface area (Å²) in [6, 6.07) is 6.95. The molecule has 0 radical (unpaired) electrons. The summed E-state index contributed by atoms with van der Waals surface area (Å²) >= 11 is 3.36. The van der Waals surface area contributed by atoms with Gasteiger partial charge in [-0.3, -0.25) is 0 Å². The smallest absolute Gasteiger partial charge is 0.223 e. The van der Waals surface area contributed by atoms with Crippen LogP contribution in [0, 0.1) is 0 Å². The first-order valence-electron chi connectivity index (χ1n) is 6.53. The molecule has 0 aliphatic rings. The van der Waals surface area contributed by atoms with Gasteiger partial charge in [-0.05, 0) is 33.6 Å². The van der Waals surface area contributed by atoms with Crippen LogP contribution < -0.4 is 9.47 Å². The van der Waals surface area contributed by atoms with E-state index in [0.29, 0.717) is 27.8 Å². The second-order valence-electron chi connectivity index (χ2n) is 4.79. The fourth-order valence-electron chi connectivity index (χ4n) is 1.73. The van der Waals surface area contributed by atoms with E-state index in [1.165, 1.54) is 0 Å². The molecule has 0 saturated carbocycles. The van der Waals surface area contributed by atoms with E-state index in [1.807, 2.05) is 13.8 Å². The maximum absolute atomic E-state index is 9.15. The number of aromatic nitrogens is 2. The zero-order valence-corrected chi connectivity index (χ0v) is 13.7. The zero-order valence-electron chi connectivity index (χ0n) is 12.1.